The first kappa shape index (κ1) is 20.0. The van der Waals surface area contributed by atoms with Crippen LogP contribution in [0.1, 0.15) is 56.3 Å². The molecule has 5 nitrogen and oxygen atoms in total. The number of carbonyl (C=O) groups is 1. The maximum atomic E-state index is 12.7. The van der Waals surface area contributed by atoms with Crippen LogP contribution >= 0.6 is 0 Å². The molecular weight excluding hydrogens is 360 g/mol. The summed E-state index contributed by atoms with van der Waals surface area (Å²) in [5.41, 5.74) is 4.55. The SMILES string of the molecule is Cc1nn(-c2ccccc2)c(C)c1N1CCN(C(=O)CCC2CCCCC2)CC1. The second kappa shape index (κ2) is 9.02. The monoisotopic (exact) mass is 394 g/mol. The highest BCUT2D eigenvalue weighted by atomic mass is 16.2. The van der Waals surface area contributed by atoms with E-state index in [0.717, 1.165) is 56.3 Å². The average Bonchev–Trinajstić information content (AvgIpc) is 3.07. The van der Waals surface area contributed by atoms with Crippen molar-refractivity contribution in [2.75, 3.05) is 31.1 Å². The normalized spacial score (nSPS) is 18.3. The summed E-state index contributed by atoms with van der Waals surface area (Å²) in [6.45, 7) is 7.64. The summed E-state index contributed by atoms with van der Waals surface area (Å²) in [5, 5.41) is 4.79. The molecule has 0 atom stereocenters. The molecule has 2 fully saturated rings. The van der Waals surface area contributed by atoms with Crippen LogP contribution in [0.3, 0.4) is 0 Å². The van der Waals surface area contributed by atoms with E-state index in [1.165, 1.54) is 43.5 Å². The van der Waals surface area contributed by atoms with Crippen molar-refractivity contribution >= 4 is 11.6 Å². The van der Waals surface area contributed by atoms with Crippen LogP contribution in [-0.4, -0.2) is 46.8 Å². The first-order chi connectivity index (χ1) is 14.1. The molecule has 156 valence electrons. The lowest BCUT2D eigenvalue weighted by Gasteiger charge is -2.36. The van der Waals surface area contributed by atoms with Gasteiger partial charge in [-0.1, -0.05) is 50.3 Å². The van der Waals surface area contributed by atoms with Gasteiger partial charge in [0.2, 0.25) is 5.91 Å². The fourth-order valence-corrected chi connectivity index (χ4v) is 5.05. The van der Waals surface area contributed by atoms with E-state index in [4.69, 9.17) is 5.10 Å². The first-order valence-electron chi connectivity index (χ1n) is 11.3. The molecule has 1 saturated heterocycles. The van der Waals surface area contributed by atoms with Crippen molar-refractivity contribution in [3.05, 3.63) is 41.7 Å². The number of aromatic nitrogens is 2. The number of para-hydroxylation sites is 1. The Labute approximate surface area is 174 Å². The summed E-state index contributed by atoms with van der Waals surface area (Å²) < 4.78 is 2.03. The highest BCUT2D eigenvalue weighted by molar-refractivity contribution is 5.76. The zero-order valence-corrected chi connectivity index (χ0v) is 17.9. The Morgan fingerprint density at radius 2 is 1.69 bits per heavy atom. The number of nitrogens with zero attached hydrogens (tertiary/aromatic N) is 4. The van der Waals surface area contributed by atoms with Crippen molar-refractivity contribution in [2.45, 2.75) is 58.8 Å². The third kappa shape index (κ3) is 4.49. The minimum Gasteiger partial charge on any atom is -0.365 e. The number of amides is 1. The van der Waals surface area contributed by atoms with Crippen LogP contribution in [0.15, 0.2) is 30.3 Å². The number of benzene rings is 1. The molecule has 0 N–H and O–H groups in total. The van der Waals surface area contributed by atoms with Crippen LogP contribution in [0.2, 0.25) is 0 Å². The molecule has 1 aliphatic heterocycles. The molecule has 0 bridgehead atoms. The molecule has 5 heteroatoms. The van der Waals surface area contributed by atoms with Gasteiger partial charge in [-0.25, -0.2) is 4.68 Å². The molecule has 0 radical (unpaired) electrons. The Balaban J connectivity index is 1.35. The first-order valence-corrected chi connectivity index (χ1v) is 11.3. The van der Waals surface area contributed by atoms with Gasteiger partial charge < -0.3 is 9.80 Å². The molecule has 1 aromatic carbocycles. The minimum atomic E-state index is 0.351. The molecule has 2 heterocycles. The number of anilines is 1. The Bertz CT molecular complexity index is 815. The largest absolute Gasteiger partial charge is 0.365 e. The second-order valence-corrected chi connectivity index (χ2v) is 8.68. The van der Waals surface area contributed by atoms with Gasteiger partial charge in [0.05, 0.1) is 22.8 Å². The van der Waals surface area contributed by atoms with Crippen molar-refractivity contribution in [1.82, 2.24) is 14.7 Å². The van der Waals surface area contributed by atoms with E-state index in [1.54, 1.807) is 0 Å². The Morgan fingerprint density at radius 3 is 2.38 bits per heavy atom. The molecule has 2 aliphatic rings. The maximum Gasteiger partial charge on any atom is 0.222 e. The van der Waals surface area contributed by atoms with Crippen molar-refractivity contribution in [3.8, 4) is 5.69 Å². The van der Waals surface area contributed by atoms with E-state index in [1.807, 2.05) is 22.9 Å². The van der Waals surface area contributed by atoms with Gasteiger partial charge in [-0.15, -0.1) is 0 Å². The zero-order chi connectivity index (χ0) is 20.2. The molecule has 4 rings (SSSR count). The molecule has 29 heavy (non-hydrogen) atoms. The molecule has 0 spiro atoms. The maximum absolute atomic E-state index is 12.7. The molecule has 1 aliphatic carbocycles. The van der Waals surface area contributed by atoms with Crippen molar-refractivity contribution in [3.63, 3.8) is 0 Å². The van der Waals surface area contributed by atoms with Gasteiger partial charge in [-0.2, -0.15) is 5.10 Å². The third-order valence-electron chi connectivity index (χ3n) is 6.69. The molecule has 1 saturated carbocycles. The predicted molar refractivity (Wildman–Crippen MR) is 118 cm³/mol. The van der Waals surface area contributed by atoms with Crippen LogP contribution in [0.4, 0.5) is 5.69 Å². The van der Waals surface area contributed by atoms with E-state index in [-0.39, 0.29) is 0 Å². The van der Waals surface area contributed by atoms with Crippen LogP contribution in [0.5, 0.6) is 0 Å². The third-order valence-corrected chi connectivity index (χ3v) is 6.69. The number of hydrogen-bond acceptors (Lipinski definition) is 3. The molecule has 0 unspecified atom stereocenters. The van der Waals surface area contributed by atoms with E-state index in [2.05, 4.69) is 35.8 Å². The van der Waals surface area contributed by atoms with E-state index in [0.29, 0.717) is 5.91 Å². The van der Waals surface area contributed by atoms with Gasteiger partial charge >= 0.3 is 0 Å². The second-order valence-electron chi connectivity index (χ2n) is 8.68. The van der Waals surface area contributed by atoms with Gasteiger partial charge in [0, 0.05) is 32.6 Å². The highest BCUT2D eigenvalue weighted by Crippen LogP contribution is 2.29. The Morgan fingerprint density at radius 1 is 1.00 bits per heavy atom. The summed E-state index contributed by atoms with van der Waals surface area (Å²) in [7, 11) is 0. The molecular formula is C24H34N4O. The highest BCUT2D eigenvalue weighted by Gasteiger charge is 2.26. The number of hydrogen-bond donors (Lipinski definition) is 0. The van der Waals surface area contributed by atoms with Crippen LogP contribution in [-0.2, 0) is 4.79 Å². The lowest BCUT2D eigenvalue weighted by Crippen LogP contribution is -2.49. The van der Waals surface area contributed by atoms with Crippen LogP contribution in [0.25, 0.3) is 5.69 Å². The van der Waals surface area contributed by atoms with Crippen molar-refractivity contribution in [1.29, 1.82) is 0 Å². The van der Waals surface area contributed by atoms with Crippen LogP contribution in [0, 0.1) is 19.8 Å². The number of carbonyl (C=O) groups excluding carboxylic acids is 1. The quantitative estimate of drug-likeness (QED) is 0.750. The van der Waals surface area contributed by atoms with Gasteiger partial charge in [0.25, 0.3) is 0 Å². The standard InChI is InChI=1S/C24H34N4O/c1-19-24(20(2)28(25-19)22-11-7-4-8-12-22)27-17-15-26(16-18-27)23(29)14-13-21-9-5-3-6-10-21/h4,7-8,11-12,21H,3,5-6,9-10,13-18H2,1-2H3. The predicted octanol–water partition coefficient (Wildman–Crippen LogP) is 4.50. The van der Waals surface area contributed by atoms with Gasteiger partial charge in [-0.3, -0.25) is 4.79 Å². The zero-order valence-electron chi connectivity index (χ0n) is 17.9. The lowest BCUT2D eigenvalue weighted by molar-refractivity contribution is -0.131. The van der Waals surface area contributed by atoms with E-state index in [9.17, 15) is 4.79 Å². The number of aryl methyl sites for hydroxylation is 1. The summed E-state index contributed by atoms with van der Waals surface area (Å²) in [5.74, 6) is 1.13. The smallest absolute Gasteiger partial charge is 0.222 e. The topological polar surface area (TPSA) is 41.4 Å². The fraction of sp³-hybridized carbons (Fsp3) is 0.583. The van der Waals surface area contributed by atoms with Crippen molar-refractivity contribution < 1.29 is 4.79 Å². The minimum absolute atomic E-state index is 0.351. The number of piperazine rings is 1. The summed E-state index contributed by atoms with van der Waals surface area (Å²) >= 11 is 0. The van der Waals surface area contributed by atoms with Gasteiger partial charge in [0.1, 0.15) is 0 Å². The molecule has 1 amide bonds. The summed E-state index contributed by atoms with van der Waals surface area (Å²) in [6.07, 6.45) is 8.55. The lowest BCUT2D eigenvalue weighted by atomic mass is 9.86. The molecule has 1 aromatic heterocycles. The van der Waals surface area contributed by atoms with Crippen molar-refractivity contribution in [2.24, 2.45) is 5.92 Å². The van der Waals surface area contributed by atoms with Gasteiger partial charge in [-0.05, 0) is 38.3 Å². The average molecular weight is 395 g/mol. The van der Waals surface area contributed by atoms with Gasteiger partial charge in [0.15, 0.2) is 0 Å². The summed E-state index contributed by atoms with van der Waals surface area (Å²) in [4.78, 5) is 17.2. The van der Waals surface area contributed by atoms with E-state index < -0.39 is 0 Å². The molecule has 2 aromatic rings. The van der Waals surface area contributed by atoms with E-state index >= 15 is 0 Å². The summed E-state index contributed by atoms with van der Waals surface area (Å²) in [6, 6.07) is 10.3. The fourth-order valence-electron chi connectivity index (χ4n) is 5.05. The Hall–Kier alpha value is -2.30. The van der Waals surface area contributed by atoms with Crippen LogP contribution < -0.4 is 4.90 Å². The Kier molecular flexibility index (Phi) is 6.22. The number of rotatable bonds is 5.